The van der Waals surface area contributed by atoms with E-state index in [1.807, 2.05) is 6.08 Å². The van der Waals surface area contributed by atoms with Gasteiger partial charge in [0, 0.05) is 36.4 Å². The number of carbonyl (C=O) groups is 4. The number of aliphatic hydroxyl groups excluding tert-OH is 2. The number of methoxy groups -OCH3 is 1. The van der Waals surface area contributed by atoms with Crippen LogP contribution in [0.15, 0.2) is 48.1 Å². The van der Waals surface area contributed by atoms with Gasteiger partial charge in [0.2, 0.25) is 11.7 Å². The number of ether oxygens (including phenoxy) is 6. The van der Waals surface area contributed by atoms with Gasteiger partial charge in [0.15, 0.2) is 6.10 Å². The topological polar surface area (TPSA) is 196 Å². The minimum atomic E-state index is -2.34. The van der Waals surface area contributed by atoms with Gasteiger partial charge in [-0.1, -0.05) is 64.7 Å². The Labute approximate surface area is 354 Å². The predicted molar refractivity (Wildman–Crippen MR) is 222 cm³/mol. The van der Waals surface area contributed by atoms with Crippen LogP contribution < -0.4 is 5.32 Å². The molecular formula is C46H67NO13. The number of nitrogens with one attached hydrogen (secondary N) is 1. The van der Waals surface area contributed by atoms with Crippen molar-refractivity contribution < 1.29 is 62.9 Å². The van der Waals surface area contributed by atoms with Crippen LogP contribution in [0.3, 0.4) is 0 Å². The lowest BCUT2D eigenvalue weighted by Gasteiger charge is -2.51. The van der Waals surface area contributed by atoms with Gasteiger partial charge >= 0.3 is 17.9 Å². The lowest BCUT2D eigenvalue weighted by Crippen LogP contribution is -2.62. The van der Waals surface area contributed by atoms with E-state index in [1.54, 1.807) is 32.1 Å². The molecule has 4 heterocycles. The molecule has 1 amide bonds. The van der Waals surface area contributed by atoms with Crippen molar-refractivity contribution in [3.05, 3.63) is 53.6 Å². The van der Waals surface area contributed by atoms with Gasteiger partial charge in [-0.25, -0.2) is 9.59 Å². The van der Waals surface area contributed by atoms with Crippen LogP contribution in [-0.2, 0) is 42.8 Å². The number of aliphatic hydroxyl groups is 3. The number of anilines is 1. The molecule has 14 nitrogen and oxygen atoms in total. The van der Waals surface area contributed by atoms with Crippen LogP contribution in [-0.4, -0.2) is 107 Å². The Kier molecular flexibility index (Phi) is 17.7. The SMILES string of the molecule is CCCCCCCC(=O)Nc1cccc(C(=O)O[C@H]2/C(=C/C(=O)OC)C[C@H]3C[C@H](CO)OC(=O)C[C@H](O)C[C@@H]4CCC[C@H](C[C@@H]5CCC[C@H](/C=C\C(C)(C)[C@]2(O)O3)O5)O4)c1. The van der Waals surface area contributed by atoms with E-state index in [9.17, 15) is 34.5 Å². The molecular weight excluding hydrogens is 774 g/mol. The van der Waals surface area contributed by atoms with Crippen molar-refractivity contribution in [3.8, 4) is 0 Å². The van der Waals surface area contributed by atoms with Gasteiger partial charge in [-0.2, -0.15) is 0 Å². The minimum absolute atomic E-state index is 0.0579. The number of fused-ring (bicyclic) bond motifs is 6. The molecule has 0 spiro atoms. The summed E-state index contributed by atoms with van der Waals surface area (Å²) in [6.45, 7) is 4.98. The van der Waals surface area contributed by atoms with Crippen molar-refractivity contribution in [2.45, 2.75) is 185 Å². The molecule has 1 aromatic carbocycles. The third-order valence-electron chi connectivity index (χ3n) is 12.1. The quantitative estimate of drug-likeness (QED) is 0.0630. The molecule has 6 bridgehead atoms. The fourth-order valence-electron chi connectivity index (χ4n) is 8.71. The number of amides is 1. The molecule has 0 aliphatic carbocycles. The average Bonchev–Trinajstić information content (AvgIpc) is 3.20. The molecule has 4 aliphatic rings. The number of hydrogen-bond donors (Lipinski definition) is 4. The molecule has 4 aliphatic heterocycles. The molecule has 0 saturated carbocycles. The highest BCUT2D eigenvalue weighted by molar-refractivity contribution is 5.94. The summed E-state index contributed by atoms with van der Waals surface area (Å²) in [5, 5.41) is 37.0. The first-order valence-electron chi connectivity index (χ1n) is 22.0. The number of esters is 3. The van der Waals surface area contributed by atoms with Crippen LogP contribution in [0.1, 0.15) is 140 Å². The van der Waals surface area contributed by atoms with Gasteiger partial charge in [0.25, 0.3) is 0 Å². The maximum atomic E-state index is 14.1. The molecule has 9 atom stereocenters. The van der Waals surface area contributed by atoms with Crippen molar-refractivity contribution in [2.24, 2.45) is 5.41 Å². The van der Waals surface area contributed by atoms with Crippen molar-refractivity contribution >= 4 is 29.5 Å². The third kappa shape index (κ3) is 13.4. The Morgan fingerprint density at radius 3 is 2.38 bits per heavy atom. The zero-order chi connectivity index (χ0) is 43.3. The van der Waals surface area contributed by atoms with Gasteiger partial charge in [0.05, 0.1) is 62.3 Å². The molecule has 60 heavy (non-hydrogen) atoms. The monoisotopic (exact) mass is 841 g/mol. The predicted octanol–water partition coefficient (Wildman–Crippen LogP) is 6.38. The van der Waals surface area contributed by atoms with Gasteiger partial charge < -0.3 is 49.1 Å². The Balaban J connectivity index is 1.46. The highest BCUT2D eigenvalue weighted by atomic mass is 16.7. The van der Waals surface area contributed by atoms with Gasteiger partial charge in [0.1, 0.15) is 6.10 Å². The summed E-state index contributed by atoms with van der Waals surface area (Å²) in [4.78, 5) is 52.8. The molecule has 1 aromatic rings. The molecule has 3 fully saturated rings. The standard InChI is InChI=1S/C46H67NO13/c1-5-6-7-8-9-19-40(50)47-32-14-10-13-30(22-32)44(53)59-43-31(24-41(51)55-4)23-38-28-39(29-48)58-42(52)26-33(49)25-35-16-12-18-37(57-35)27-36-17-11-15-34(56-36)20-21-45(2,3)46(43,54)60-38/h10,13-14,20-22,24,33-39,43,48-49,54H,5-9,11-12,15-19,23,25-29H2,1-4H3,(H,47,50)/b21-20-,31-24+/t33-,34-,35+,36+,37-,38+,39-,43+,46-/m1/s1. The van der Waals surface area contributed by atoms with Crippen LogP contribution >= 0.6 is 0 Å². The second kappa shape index (κ2) is 22.4. The van der Waals surface area contributed by atoms with Gasteiger partial charge in [-0.3, -0.25) is 9.59 Å². The Hall–Kier alpha value is -3.66. The molecule has 0 radical (unpaired) electrons. The van der Waals surface area contributed by atoms with E-state index in [4.69, 9.17) is 28.4 Å². The Bertz CT molecular complexity index is 1660. The molecule has 334 valence electrons. The molecule has 5 rings (SSSR count). The summed E-state index contributed by atoms with van der Waals surface area (Å²) in [7, 11) is 1.20. The summed E-state index contributed by atoms with van der Waals surface area (Å²) >= 11 is 0. The van der Waals surface area contributed by atoms with Crippen molar-refractivity contribution in [3.63, 3.8) is 0 Å². The van der Waals surface area contributed by atoms with E-state index in [1.165, 1.54) is 19.2 Å². The number of benzene rings is 1. The first-order valence-corrected chi connectivity index (χ1v) is 22.0. The second-order valence-electron chi connectivity index (χ2n) is 17.4. The number of cyclic esters (lactones) is 1. The first kappa shape index (κ1) is 47.4. The van der Waals surface area contributed by atoms with Crippen molar-refractivity contribution in [1.29, 1.82) is 0 Å². The van der Waals surface area contributed by atoms with Gasteiger partial charge in [-0.15, -0.1) is 0 Å². The fourth-order valence-corrected chi connectivity index (χ4v) is 8.71. The highest BCUT2D eigenvalue weighted by Gasteiger charge is 2.57. The molecule has 3 saturated heterocycles. The highest BCUT2D eigenvalue weighted by Crippen LogP contribution is 2.47. The van der Waals surface area contributed by atoms with E-state index in [-0.39, 0.29) is 67.1 Å². The smallest absolute Gasteiger partial charge is 0.339 e. The maximum Gasteiger partial charge on any atom is 0.339 e. The van der Waals surface area contributed by atoms with Gasteiger partial charge in [-0.05, 0) is 81.6 Å². The molecule has 0 unspecified atom stereocenters. The molecule has 4 N–H and O–H groups in total. The fraction of sp³-hybridized carbons (Fsp3) is 0.696. The lowest BCUT2D eigenvalue weighted by atomic mass is 9.74. The first-order chi connectivity index (χ1) is 28.7. The molecule has 0 aromatic heterocycles. The number of hydrogen-bond acceptors (Lipinski definition) is 13. The summed E-state index contributed by atoms with van der Waals surface area (Å²) in [5.74, 6) is -4.85. The minimum Gasteiger partial charge on any atom is -0.466 e. The van der Waals surface area contributed by atoms with E-state index >= 15 is 0 Å². The summed E-state index contributed by atoms with van der Waals surface area (Å²) in [5.41, 5.74) is -0.673. The van der Waals surface area contributed by atoms with Crippen LogP contribution in [0, 0.1) is 5.41 Å². The van der Waals surface area contributed by atoms with Crippen LogP contribution in [0.25, 0.3) is 0 Å². The summed E-state index contributed by atoms with van der Waals surface area (Å²) < 4.78 is 36.2. The van der Waals surface area contributed by atoms with Crippen LogP contribution in [0.4, 0.5) is 5.69 Å². The van der Waals surface area contributed by atoms with E-state index in [2.05, 4.69) is 12.2 Å². The van der Waals surface area contributed by atoms with Crippen LogP contribution in [0.2, 0.25) is 0 Å². The molecule has 14 heteroatoms. The summed E-state index contributed by atoms with van der Waals surface area (Å²) in [6.07, 6.45) is 10.4. The Morgan fingerprint density at radius 1 is 0.933 bits per heavy atom. The zero-order valence-electron chi connectivity index (χ0n) is 35.8. The normalized spacial score (nSPS) is 32.5. The van der Waals surface area contributed by atoms with Crippen molar-refractivity contribution in [1.82, 2.24) is 0 Å². The van der Waals surface area contributed by atoms with Crippen LogP contribution in [0.5, 0.6) is 0 Å². The lowest BCUT2D eigenvalue weighted by molar-refractivity contribution is -0.324. The van der Waals surface area contributed by atoms with Crippen molar-refractivity contribution in [2.75, 3.05) is 19.0 Å². The number of unbranched alkanes of at least 4 members (excludes halogenated alkanes) is 4. The number of rotatable bonds is 11. The van der Waals surface area contributed by atoms with E-state index < -0.39 is 60.1 Å². The average molecular weight is 842 g/mol. The van der Waals surface area contributed by atoms with E-state index in [0.717, 1.165) is 76.7 Å². The maximum absolute atomic E-state index is 14.1. The Morgan fingerprint density at radius 2 is 1.65 bits per heavy atom. The zero-order valence-corrected chi connectivity index (χ0v) is 35.8. The summed E-state index contributed by atoms with van der Waals surface area (Å²) in [6, 6.07) is 6.29. The second-order valence-corrected chi connectivity index (χ2v) is 17.4. The largest absolute Gasteiger partial charge is 0.466 e. The third-order valence-corrected chi connectivity index (χ3v) is 12.1. The van der Waals surface area contributed by atoms with E-state index in [0.29, 0.717) is 18.5 Å². The number of carbonyl (C=O) groups excluding carboxylic acids is 4.